The molecule has 0 saturated heterocycles. The lowest BCUT2D eigenvalue weighted by Crippen LogP contribution is -2.68. The zero-order valence-electron chi connectivity index (χ0n) is 14.2. The molecule has 26 heavy (non-hydrogen) atoms. The minimum Gasteiger partial charge on any atom is -0.451 e. The molecule has 0 aromatic heterocycles. The Hall–Kier alpha value is -1.86. The maximum absolute atomic E-state index is 10.7. The average Bonchev–Trinajstić information content (AvgIpc) is 2.62. The molecule has 4 N–H and O–H groups in total. The van der Waals surface area contributed by atoms with Crippen molar-refractivity contribution in [2.45, 2.75) is 49.5 Å². The van der Waals surface area contributed by atoms with Gasteiger partial charge < -0.3 is 29.9 Å². The van der Waals surface area contributed by atoms with Crippen LogP contribution in [0.25, 0.3) is 10.8 Å². The fraction of sp³-hybridized carbons (Fsp3) is 0.500. The highest BCUT2D eigenvalue weighted by molar-refractivity contribution is 5.94. The van der Waals surface area contributed by atoms with Crippen LogP contribution in [0.4, 0.5) is 0 Å². The lowest BCUT2D eigenvalue weighted by molar-refractivity contribution is -0.277. The Morgan fingerprint density at radius 3 is 2.15 bits per heavy atom. The van der Waals surface area contributed by atoms with Crippen molar-refractivity contribution in [3.8, 4) is 11.5 Å². The molecule has 5 rings (SSSR count). The van der Waals surface area contributed by atoms with E-state index in [0.717, 1.165) is 10.8 Å². The second kappa shape index (κ2) is 5.57. The zero-order chi connectivity index (χ0) is 18.1. The molecule has 2 fully saturated rings. The molecule has 1 aliphatic heterocycles. The first-order valence-corrected chi connectivity index (χ1v) is 9.12. The second-order valence-corrected chi connectivity index (χ2v) is 7.70. The van der Waals surface area contributed by atoms with Gasteiger partial charge in [-0.2, -0.15) is 0 Å². The molecule has 1 heterocycles. The molecule has 6 nitrogen and oxygen atoms in total. The molecule has 0 unspecified atom stereocenters. The van der Waals surface area contributed by atoms with Gasteiger partial charge in [-0.15, -0.1) is 0 Å². The third kappa shape index (κ3) is 2.13. The summed E-state index contributed by atoms with van der Waals surface area (Å²) in [6.45, 7) is 0. The first kappa shape index (κ1) is 16.3. The minimum absolute atomic E-state index is 0.0294. The molecule has 138 valence electrons. The van der Waals surface area contributed by atoms with E-state index in [9.17, 15) is 20.4 Å². The zero-order valence-corrected chi connectivity index (χ0v) is 14.2. The third-order valence-electron chi connectivity index (χ3n) is 6.24. The number of benzene rings is 2. The molecular weight excluding hydrogens is 336 g/mol. The van der Waals surface area contributed by atoms with Crippen molar-refractivity contribution in [3.63, 3.8) is 0 Å². The van der Waals surface area contributed by atoms with Crippen LogP contribution < -0.4 is 9.47 Å². The van der Waals surface area contributed by atoms with E-state index in [1.807, 2.05) is 36.4 Å². The lowest BCUT2D eigenvalue weighted by atomic mass is 9.62. The summed E-state index contributed by atoms with van der Waals surface area (Å²) in [5, 5.41) is 43.8. The van der Waals surface area contributed by atoms with E-state index in [2.05, 4.69) is 0 Å². The summed E-state index contributed by atoms with van der Waals surface area (Å²) in [6, 6.07) is 11.5. The normalized spacial score (nSPS) is 37.7. The summed E-state index contributed by atoms with van der Waals surface area (Å²) in [5.74, 6) is -1.28. The van der Waals surface area contributed by atoms with Gasteiger partial charge >= 0.3 is 0 Å². The SMILES string of the molecule is O[C@H]1[C@@H]2[C@H]([C@@H](O)CCC23Oc2cccc4cccc(c24)O3)[C@@H](O)C[C@@H]1O. The topological polar surface area (TPSA) is 99.4 Å². The van der Waals surface area contributed by atoms with Gasteiger partial charge in [-0.3, -0.25) is 0 Å². The summed E-state index contributed by atoms with van der Waals surface area (Å²) in [5.41, 5.74) is 0. The number of hydrogen-bond acceptors (Lipinski definition) is 6. The Morgan fingerprint density at radius 2 is 1.50 bits per heavy atom. The van der Waals surface area contributed by atoms with E-state index in [1.54, 1.807) is 0 Å². The molecule has 0 bridgehead atoms. The predicted molar refractivity (Wildman–Crippen MR) is 92.8 cm³/mol. The summed E-state index contributed by atoms with van der Waals surface area (Å²) in [6.07, 6.45) is -3.16. The number of hydrogen-bond donors (Lipinski definition) is 4. The molecule has 3 aliphatic rings. The maximum Gasteiger partial charge on any atom is 0.257 e. The van der Waals surface area contributed by atoms with E-state index < -0.39 is 42.0 Å². The maximum atomic E-state index is 10.7. The quantitative estimate of drug-likeness (QED) is 0.564. The molecule has 0 amide bonds. The Bertz CT molecular complexity index is 811. The van der Waals surface area contributed by atoms with Crippen molar-refractivity contribution in [3.05, 3.63) is 36.4 Å². The van der Waals surface area contributed by atoms with Crippen LogP contribution in [-0.2, 0) is 0 Å². The van der Waals surface area contributed by atoms with Gasteiger partial charge in [0, 0.05) is 18.8 Å². The van der Waals surface area contributed by atoms with E-state index in [4.69, 9.17) is 9.47 Å². The Balaban J connectivity index is 1.64. The van der Waals surface area contributed by atoms with E-state index in [1.165, 1.54) is 0 Å². The molecule has 1 spiro atoms. The number of rotatable bonds is 0. The van der Waals surface area contributed by atoms with Crippen molar-refractivity contribution in [2.24, 2.45) is 11.8 Å². The van der Waals surface area contributed by atoms with Crippen LogP contribution in [0.15, 0.2) is 36.4 Å². The highest BCUT2D eigenvalue weighted by Crippen LogP contribution is 2.53. The average molecular weight is 358 g/mol. The Morgan fingerprint density at radius 1 is 0.846 bits per heavy atom. The fourth-order valence-corrected chi connectivity index (χ4v) is 5.08. The summed E-state index contributed by atoms with van der Waals surface area (Å²) in [7, 11) is 0. The molecule has 2 aromatic rings. The van der Waals surface area contributed by atoms with E-state index in [-0.39, 0.29) is 6.42 Å². The van der Waals surface area contributed by atoms with Crippen LogP contribution in [0, 0.1) is 11.8 Å². The Labute approximate surface area is 150 Å². The van der Waals surface area contributed by atoms with Gasteiger partial charge in [0.15, 0.2) is 0 Å². The predicted octanol–water partition coefficient (Wildman–Crippen LogP) is 1.18. The summed E-state index contributed by atoms with van der Waals surface area (Å²) < 4.78 is 12.6. The summed E-state index contributed by atoms with van der Waals surface area (Å²) in [4.78, 5) is 0. The van der Waals surface area contributed by atoms with Crippen molar-refractivity contribution < 1.29 is 29.9 Å². The smallest absolute Gasteiger partial charge is 0.257 e. The highest BCUT2D eigenvalue weighted by atomic mass is 16.7. The summed E-state index contributed by atoms with van der Waals surface area (Å²) >= 11 is 0. The van der Waals surface area contributed by atoms with Crippen molar-refractivity contribution in [1.82, 2.24) is 0 Å². The largest absolute Gasteiger partial charge is 0.451 e. The first-order chi connectivity index (χ1) is 12.5. The molecular formula is C20H22O6. The van der Waals surface area contributed by atoms with E-state index >= 15 is 0 Å². The van der Waals surface area contributed by atoms with Crippen molar-refractivity contribution in [1.29, 1.82) is 0 Å². The number of aliphatic hydroxyl groups excluding tert-OH is 4. The minimum atomic E-state index is -1.23. The fourth-order valence-electron chi connectivity index (χ4n) is 5.08. The van der Waals surface area contributed by atoms with Gasteiger partial charge in [0.1, 0.15) is 11.5 Å². The van der Waals surface area contributed by atoms with Crippen LogP contribution in [0.3, 0.4) is 0 Å². The van der Waals surface area contributed by atoms with Crippen molar-refractivity contribution >= 4 is 10.8 Å². The number of ether oxygens (including phenoxy) is 2. The van der Waals surface area contributed by atoms with Gasteiger partial charge in [0.05, 0.1) is 35.7 Å². The molecule has 6 atom stereocenters. The number of fused-ring (bicyclic) bond motifs is 2. The lowest BCUT2D eigenvalue weighted by Gasteiger charge is -2.55. The highest BCUT2D eigenvalue weighted by Gasteiger charge is 2.62. The van der Waals surface area contributed by atoms with Gasteiger partial charge in [-0.25, -0.2) is 0 Å². The van der Waals surface area contributed by atoms with Gasteiger partial charge in [-0.1, -0.05) is 24.3 Å². The van der Waals surface area contributed by atoms with Crippen LogP contribution >= 0.6 is 0 Å². The van der Waals surface area contributed by atoms with Gasteiger partial charge in [-0.05, 0) is 23.9 Å². The molecule has 0 radical (unpaired) electrons. The molecule has 2 saturated carbocycles. The number of aliphatic hydroxyl groups is 4. The van der Waals surface area contributed by atoms with Gasteiger partial charge in [0.2, 0.25) is 0 Å². The monoisotopic (exact) mass is 358 g/mol. The van der Waals surface area contributed by atoms with Crippen molar-refractivity contribution in [2.75, 3.05) is 0 Å². The molecule has 2 aliphatic carbocycles. The van der Waals surface area contributed by atoms with E-state index in [0.29, 0.717) is 24.3 Å². The second-order valence-electron chi connectivity index (χ2n) is 7.70. The third-order valence-corrected chi connectivity index (χ3v) is 6.24. The van der Waals surface area contributed by atoms with Crippen LogP contribution in [0.2, 0.25) is 0 Å². The molecule has 6 heteroatoms. The van der Waals surface area contributed by atoms with Crippen LogP contribution in [0.5, 0.6) is 11.5 Å². The first-order valence-electron chi connectivity index (χ1n) is 9.12. The standard InChI is InChI=1S/C20H22O6/c21-11-7-8-20(18-17(11)12(22)9-13(23)19(18)24)25-14-5-1-3-10-4-2-6-15(26-20)16(10)14/h1-6,11-13,17-19,21-24H,7-9H2/t11-,12-,13-,17+,18-,19+/m0/s1. The van der Waals surface area contributed by atoms with Crippen LogP contribution in [-0.4, -0.2) is 50.6 Å². The van der Waals surface area contributed by atoms with Crippen LogP contribution in [0.1, 0.15) is 19.3 Å². The molecule has 2 aromatic carbocycles. The van der Waals surface area contributed by atoms with Gasteiger partial charge in [0.25, 0.3) is 5.79 Å². The Kier molecular flexibility index (Phi) is 3.49.